The Morgan fingerprint density at radius 3 is 2.59 bits per heavy atom. The van der Waals surface area contributed by atoms with Gasteiger partial charge in [0.1, 0.15) is 0 Å². The van der Waals surface area contributed by atoms with Crippen LogP contribution in [0, 0.1) is 12.3 Å². The van der Waals surface area contributed by atoms with Gasteiger partial charge in [0.15, 0.2) is 0 Å². The van der Waals surface area contributed by atoms with Crippen LogP contribution < -0.4 is 10.6 Å². The number of amides is 1. The minimum atomic E-state index is -0.262. The Bertz CT molecular complexity index is 309. The number of carbonyl (C=O) groups is 1. The molecule has 1 aliphatic carbocycles. The Kier molecular flexibility index (Phi) is 4.03. The predicted molar refractivity (Wildman–Crippen MR) is 67.5 cm³/mol. The van der Waals surface area contributed by atoms with Gasteiger partial charge < -0.3 is 10.6 Å². The molecule has 1 aliphatic heterocycles. The van der Waals surface area contributed by atoms with E-state index in [2.05, 4.69) is 21.5 Å². The molecule has 0 aromatic heterocycles. The van der Waals surface area contributed by atoms with Crippen molar-refractivity contribution < 1.29 is 4.79 Å². The lowest BCUT2D eigenvalue weighted by molar-refractivity contribution is -0.117. The van der Waals surface area contributed by atoms with Gasteiger partial charge in [-0.3, -0.25) is 9.69 Å². The molecule has 17 heavy (non-hydrogen) atoms. The van der Waals surface area contributed by atoms with Crippen LogP contribution in [0.25, 0.3) is 0 Å². The minimum absolute atomic E-state index is 0.0687. The topological polar surface area (TPSA) is 44.4 Å². The largest absolute Gasteiger partial charge is 0.339 e. The summed E-state index contributed by atoms with van der Waals surface area (Å²) < 4.78 is 0. The first-order chi connectivity index (χ1) is 8.24. The lowest BCUT2D eigenvalue weighted by Gasteiger charge is -2.37. The summed E-state index contributed by atoms with van der Waals surface area (Å²) in [6.45, 7) is 5.15. The zero-order valence-corrected chi connectivity index (χ0v) is 10.3. The van der Waals surface area contributed by atoms with Crippen LogP contribution >= 0.6 is 0 Å². The van der Waals surface area contributed by atoms with Crippen molar-refractivity contribution in [3.63, 3.8) is 0 Å². The van der Waals surface area contributed by atoms with Crippen molar-refractivity contribution in [2.45, 2.75) is 31.2 Å². The maximum Gasteiger partial charge on any atom is 0.296 e. The van der Waals surface area contributed by atoms with Crippen molar-refractivity contribution in [1.82, 2.24) is 15.5 Å². The molecule has 0 aromatic rings. The molecule has 4 nitrogen and oxygen atoms in total. The molecule has 94 valence electrons. The second-order valence-electron chi connectivity index (χ2n) is 5.11. The lowest BCUT2D eigenvalue weighted by Crippen LogP contribution is -2.56. The highest BCUT2D eigenvalue weighted by Gasteiger charge is 2.36. The average Bonchev–Trinajstić information content (AvgIpc) is 2.78. The van der Waals surface area contributed by atoms with Gasteiger partial charge in [0.05, 0.1) is 5.54 Å². The fraction of sp³-hybridized carbons (Fsp3) is 0.769. The van der Waals surface area contributed by atoms with Gasteiger partial charge in [-0.2, -0.15) is 0 Å². The van der Waals surface area contributed by atoms with Crippen molar-refractivity contribution in [2.24, 2.45) is 0 Å². The fourth-order valence-electron chi connectivity index (χ4n) is 2.95. The summed E-state index contributed by atoms with van der Waals surface area (Å²) in [5.41, 5.74) is -0.0687. The minimum Gasteiger partial charge on any atom is -0.339 e. The van der Waals surface area contributed by atoms with Gasteiger partial charge in [-0.05, 0) is 18.8 Å². The summed E-state index contributed by atoms with van der Waals surface area (Å²) in [6, 6.07) is 0. The third kappa shape index (κ3) is 3.21. The second kappa shape index (κ2) is 5.52. The van der Waals surface area contributed by atoms with Crippen LogP contribution in [0.15, 0.2) is 0 Å². The number of hydrogen-bond donors (Lipinski definition) is 2. The summed E-state index contributed by atoms with van der Waals surface area (Å²) in [7, 11) is 0. The van der Waals surface area contributed by atoms with Crippen molar-refractivity contribution in [1.29, 1.82) is 0 Å². The van der Waals surface area contributed by atoms with E-state index in [1.165, 1.54) is 12.8 Å². The molecule has 4 heteroatoms. The van der Waals surface area contributed by atoms with Gasteiger partial charge in [-0.25, -0.2) is 0 Å². The van der Waals surface area contributed by atoms with E-state index in [4.69, 9.17) is 6.42 Å². The molecule has 1 amide bonds. The molecule has 0 unspecified atom stereocenters. The molecule has 0 aromatic carbocycles. The Morgan fingerprint density at radius 2 is 2.00 bits per heavy atom. The number of nitrogens with zero attached hydrogens (tertiary/aromatic N) is 1. The standard InChI is InChI=1S/C13H21N3O/c1-2-12(17)15-13(5-3-4-6-13)11-16-9-7-14-8-10-16/h1,14H,3-11H2,(H,15,17). The Labute approximate surface area is 103 Å². The molecule has 2 N–H and O–H groups in total. The van der Waals surface area contributed by atoms with E-state index >= 15 is 0 Å². The van der Waals surface area contributed by atoms with E-state index in [0.29, 0.717) is 0 Å². The third-order valence-corrected chi connectivity index (χ3v) is 3.81. The van der Waals surface area contributed by atoms with E-state index in [1.54, 1.807) is 0 Å². The van der Waals surface area contributed by atoms with Gasteiger partial charge >= 0.3 is 0 Å². The zero-order valence-electron chi connectivity index (χ0n) is 10.3. The fourth-order valence-corrected chi connectivity index (χ4v) is 2.95. The third-order valence-electron chi connectivity index (χ3n) is 3.81. The molecular formula is C13H21N3O. The van der Waals surface area contributed by atoms with E-state index in [9.17, 15) is 4.79 Å². The second-order valence-corrected chi connectivity index (χ2v) is 5.11. The van der Waals surface area contributed by atoms with Crippen LogP contribution in [0.4, 0.5) is 0 Å². The number of hydrogen-bond acceptors (Lipinski definition) is 3. The number of nitrogens with one attached hydrogen (secondary N) is 2. The number of terminal acetylenes is 1. The van der Waals surface area contributed by atoms with Crippen LogP contribution in [0.1, 0.15) is 25.7 Å². The van der Waals surface area contributed by atoms with Crippen molar-refractivity contribution >= 4 is 5.91 Å². The number of rotatable bonds is 3. The zero-order chi connectivity index (χ0) is 12.1. The van der Waals surface area contributed by atoms with Gasteiger partial charge in [-0.15, -0.1) is 6.42 Å². The number of piperazine rings is 1. The molecule has 0 spiro atoms. The summed E-state index contributed by atoms with van der Waals surface area (Å²) in [4.78, 5) is 13.9. The van der Waals surface area contributed by atoms with Crippen molar-refractivity contribution in [3.8, 4) is 12.3 Å². The van der Waals surface area contributed by atoms with Crippen LogP contribution in [-0.2, 0) is 4.79 Å². The molecule has 0 bridgehead atoms. The van der Waals surface area contributed by atoms with Crippen molar-refractivity contribution in [2.75, 3.05) is 32.7 Å². The molecule has 0 atom stereocenters. The Balaban J connectivity index is 1.96. The quantitative estimate of drug-likeness (QED) is 0.674. The van der Waals surface area contributed by atoms with E-state index < -0.39 is 0 Å². The first-order valence-electron chi connectivity index (χ1n) is 6.46. The van der Waals surface area contributed by atoms with E-state index in [0.717, 1.165) is 45.6 Å². The SMILES string of the molecule is C#CC(=O)NC1(CN2CCNCC2)CCCC1. The summed E-state index contributed by atoms with van der Waals surface area (Å²) >= 11 is 0. The molecule has 1 saturated heterocycles. The van der Waals surface area contributed by atoms with Crippen LogP contribution in [0.3, 0.4) is 0 Å². The van der Waals surface area contributed by atoms with E-state index in [-0.39, 0.29) is 11.4 Å². The van der Waals surface area contributed by atoms with Crippen LogP contribution in [0.5, 0.6) is 0 Å². The molecule has 2 aliphatic rings. The highest BCUT2D eigenvalue weighted by atomic mass is 16.1. The highest BCUT2D eigenvalue weighted by molar-refractivity contribution is 5.93. The van der Waals surface area contributed by atoms with Gasteiger partial charge in [0.25, 0.3) is 5.91 Å². The molecular weight excluding hydrogens is 214 g/mol. The normalized spacial score (nSPS) is 24.2. The van der Waals surface area contributed by atoms with Gasteiger partial charge in [0.2, 0.25) is 0 Å². The summed E-state index contributed by atoms with van der Waals surface area (Å²) in [5, 5.41) is 6.39. The first-order valence-corrected chi connectivity index (χ1v) is 6.46. The van der Waals surface area contributed by atoms with Crippen molar-refractivity contribution in [3.05, 3.63) is 0 Å². The predicted octanol–water partition coefficient (Wildman–Crippen LogP) is -0.0462. The van der Waals surface area contributed by atoms with Gasteiger partial charge in [0, 0.05) is 32.7 Å². The molecule has 1 saturated carbocycles. The first kappa shape index (κ1) is 12.4. The maximum absolute atomic E-state index is 11.4. The highest BCUT2D eigenvalue weighted by Crippen LogP contribution is 2.30. The monoisotopic (exact) mass is 235 g/mol. The Morgan fingerprint density at radius 1 is 1.35 bits per heavy atom. The van der Waals surface area contributed by atoms with Crippen LogP contribution in [-0.4, -0.2) is 49.1 Å². The summed E-state index contributed by atoms with van der Waals surface area (Å²) in [5.74, 6) is 1.91. The lowest BCUT2D eigenvalue weighted by atomic mass is 9.96. The summed E-state index contributed by atoms with van der Waals surface area (Å²) in [6.07, 6.45) is 9.66. The number of carbonyl (C=O) groups excluding carboxylic acids is 1. The van der Waals surface area contributed by atoms with Gasteiger partial charge in [-0.1, -0.05) is 12.8 Å². The molecule has 1 heterocycles. The molecule has 2 fully saturated rings. The smallest absolute Gasteiger partial charge is 0.296 e. The van der Waals surface area contributed by atoms with E-state index in [1.807, 2.05) is 0 Å². The molecule has 2 rings (SSSR count). The van der Waals surface area contributed by atoms with Crippen LogP contribution in [0.2, 0.25) is 0 Å². The Hall–Kier alpha value is -1.05. The molecule has 0 radical (unpaired) electrons. The maximum atomic E-state index is 11.4. The average molecular weight is 235 g/mol.